The van der Waals surface area contributed by atoms with Crippen LogP contribution in [-0.2, 0) is 4.79 Å². The number of anilines is 1. The minimum atomic E-state index is -0.335. The lowest BCUT2D eigenvalue weighted by molar-refractivity contribution is -0.117. The summed E-state index contributed by atoms with van der Waals surface area (Å²) in [5.41, 5.74) is 1.88. The molecule has 0 saturated carbocycles. The summed E-state index contributed by atoms with van der Waals surface area (Å²) in [5, 5.41) is 17.0. The highest BCUT2D eigenvalue weighted by Crippen LogP contribution is 2.30. The van der Waals surface area contributed by atoms with Crippen LogP contribution in [0.4, 0.5) is 5.82 Å². The molecule has 2 aromatic rings. The SMILES string of the molecule is Cc1c[nH]c2ncnc(N3C=C(C(=O)NC(C)[C@H]4C[C@H](O)CN4)SCC3)c12.Cl. The number of β-amino-alcohol motifs (C(OH)–C–C–N with tert-alkyl or cyclic N) is 1. The van der Waals surface area contributed by atoms with Crippen LogP contribution >= 0.6 is 24.2 Å². The third-order valence-electron chi connectivity index (χ3n) is 5.11. The number of halogens is 1. The number of nitrogens with one attached hydrogen (secondary N) is 3. The van der Waals surface area contributed by atoms with E-state index in [2.05, 4.69) is 25.6 Å². The molecule has 28 heavy (non-hydrogen) atoms. The molecule has 1 fully saturated rings. The number of aromatic nitrogens is 3. The van der Waals surface area contributed by atoms with Crippen molar-refractivity contribution in [2.75, 3.05) is 23.7 Å². The Balaban J connectivity index is 0.00000225. The van der Waals surface area contributed by atoms with Crippen molar-refractivity contribution in [3.8, 4) is 0 Å². The molecule has 2 aliphatic heterocycles. The van der Waals surface area contributed by atoms with Gasteiger partial charge in [0.1, 0.15) is 17.8 Å². The third-order valence-corrected chi connectivity index (χ3v) is 6.10. The van der Waals surface area contributed by atoms with Crippen LogP contribution in [0, 0.1) is 6.92 Å². The van der Waals surface area contributed by atoms with Gasteiger partial charge in [-0.1, -0.05) is 0 Å². The molecule has 0 spiro atoms. The van der Waals surface area contributed by atoms with E-state index in [1.165, 1.54) is 0 Å². The predicted octanol–water partition coefficient (Wildman–Crippen LogP) is 1.31. The minimum Gasteiger partial charge on any atom is -0.392 e. The monoisotopic (exact) mass is 424 g/mol. The lowest BCUT2D eigenvalue weighted by Crippen LogP contribution is -2.46. The number of carbonyl (C=O) groups is 1. The molecule has 2 aliphatic rings. The third kappa shape index (κ3) is 4.12. The van der Waals surface area contributed by atoms with E-state index < -0.39 is 0 Å². The zero-order valence-electron chi connectivity index (χ0n) is 15.8. The molecule has 4 rings (SSSR count). The second-order valence-corrected chi connectivity index (χ2v) is 8.23. The van der Waals surface area contributed by atoms with Crippen LogP contribution in [-0.4, -0.2) is 63.0 Å². The Kier molecular flexibility index (Phi) is 6.49. The van der Waals surface area contributed by atoms with E-state index in [1.54, 1.807) is 18.1 Å². The number of H-pyrrole nitrogens is 1. The normalized spacial score (nSPS) is 23.2. The zero-order chi connectivity index (χ0) is 19.0. The van der Waals surface area contributed by atoms with Gasteiger partial charge in [0, 0.05) is 43.3 Å². The van der Waals surface area contributed by atoms with Crippen molar-refractivity contribution in [1.29, 1.82) is 0 Å². The van der Waals surface area contributed by atoms with E-state index in [-0.39, 0.29) is 36.5 Å². The van der Waals surface area contributed by atoms with Gasteiger partial charge in [0.15, 0.2) is 0 Å². The minimum absolute atomic E-state index is 0. The number of aromatic amines is 1. The average molecular weight is 425 g/mol. The fourth-order valence-corrected chi connectivity index (χ4v) is 4.51. The average Bonchev–Trinajstić information content (AvgIpc) is 3.28. The molecule has 0 aliphatic carbocycles. The van der Waals surface area contributed by atoms with Crippen molar-refractivity contribution in [2.24, 2.45) is 0 Å². The summed E-state index contributed by atoms with van der Waals surface area (Å²) in [6, 6.07) is 0.0439. The maximum absolute atomic E-state index is 12.7. The first-order valence-corrected chi connectivity index (χ1v) is 10.1. The van der Waals surface area contributed by atoms with Gasteiger partial charge in [0.2, 0.25) is 0 Å². The molecule has 4 N–H and O–H groups in total. The maximum atomic E-state index is 12.7. The second kappa shape index (κ2) is 8.69. The second-order valence-electron chi connectivity index (χ2n) is 7.09. The zero-order valence-corrected chi connectivity index (χ0v) is 17.4. The van der Waals surface area contributed by atoms with Crippen LogP contribution in [0.25, 0.3) is 11.0 Å². The maximum Gasteiger partial charge on any atom is 0.259 e. The van der Waals surface area contributed by atoms with Gasteiger partial charge in [-0.2, -0.15) is 0 Å². The molecule has 0 radical (unpaired) electrons. The van der Waals surface area contributed by atoms with Crippen molar-refractivity contribution < 1.29 is 9.90 Å². The molecular formula is C18H25ClN6O2S. The first-order chi connectivity index (χ1) is 13.0. The Bertz CT molecular complexity index is 888. The Hall–Kier alpha value is -1.81. The summed E-state index contributed by atoms with van der Waals surface area (Å²) >= 11 is 1.55. The Labute approximate surface area is 174 Å². The molecule has 0 bridgehead atoms. The Morgan fingerprint density at radius 2 is 2.29 bits per heavy atom. The Morgan fingerprint density at radius 3 is 3.04 bits per heavy atom. The number of carbonyl (C=O) groups excluding carboxylic acids is 1. The molecule has 4 heterocycles. The molecular weight excluding hydrogens is 400 g/mol. The summed E-state index contributed by atoms with van der Waals surface area (Å²) in [7, 11) is 0. The smallest absolute Gasteiger partial charge is 0.259 e. The number of aliphatic hydroxyl groups excluding tert-OH is 1. The van der Waals surface area contributed by atoms with Crippen molar-refractivity contribution in [3.63, 3.8) is 0 Å². The van der Waals surface area contributed by atoms with E-state index in [1.807, 2.05) is 31.1 Å². The first kappa shape index (κ1) is 20.9. The van der Waals surface area contributed by atoms with Crippen LogP contribution < -0.4 is 15.5 Å². The molecule has 1 saturated heterocycles. The van der Waals surface area contributed by atoms with E-state index in [0.29, 0.717) is 17.9 Å². The van der Waals surface area contributed by atoms with Gasteiger partial charge in [0.25, 0.3) is 5.91 Å². The predicted molar refractivity (Wildman–Crippen MR) is 114 cm³/mol. The van der Waals surface area contributed by atoms with Crippen LogP contribution in [0.1, 0.15) is 18.9 Å². The summed E-state index contributed by atoms with van der Waals surface area (Å²) in [4.78, 5) is 27.3. The highest BCUT2D eigenvalue weighted by molar-refractivity contribution is 8.04. The van der Waals surface area contributed by atoms with Gasteiger partial charge in [-0.25, -0.2) is 9.97 Å². The number of amides is 1. The van der Waals surface area contributed by atoms with Crippen molar-refractivity contribution in [3.05, 3.63) is 29.2 Å². The number of hydrogen-bond acceptors (Lipinski definition) is 7. The van der Waals surface area contributed by atoms with Gasteiger partial charge >= 0.3 is 0 Å². The topological polar surface area (TPSA) is 106 Å². The van der Waals surface area contributed by atoms with Gasteiger partial charge < -0.3 is 25.6 Å². The van der Waals surface area contributed by atoms with Gasteiger partial charge in [-0.05, 0) is 25.8 Å². The fraction of sp³-hybridized carbons (Fsp3) is 0.500. The lowest BCUT2D eigenvalue weighted by atomic mass is 10.1. The summed E-state index contributed by atoms with van der Waals surface area (Å²) in [5.74, 6) is 1.54. The van der Waals surface area contributed by atoms with E-state index in [0.717, 1.165) is 34.7 Å². The molecule has 0 aromatic carbocycles. The highest BCUT2D eigenvalue weighted by atomic mass is 35.5. The standard InChI is InChI=1S/C18H24N6O2S.ClH/c1-10-6-20-16-15(10)17(22-9-21-16)24-3-4-27-14(8-24)18(26)23-11(2)13-5-12(25)7-19-13;/h6,8-9,11-13,19,25H,3-5,7H2,1-2H3,(H,23,26)(H,20,21,22);1H/t11?,12-,13+;/m0./s1. The van der Waals surface area contributed by atoms with Crippen LogP contribution in [0.2, 0.25) is 0 Å². The number of fused-ring (bicyclic) bond motifs is 1. The lowest BCUT2D eigenvalue weighted by Gasteiger charge is -2.27. The van der Waals surface area contributed by atoms with E-state index >= 15 is 0 Å². The molecule has 10 heteroatoms. The van der Waals surface area contributed by atoms with Gasteiger partial charge in [0.05, 0.1) is 16.4 Å². The van der Waals surface area contributed by atoms with Gasteiger partial charge in [-0.3, -0.25) is 4.79 Å². The quantitative estimate of drug-likeness (QED) is 0.586. The van der Waals surface area contributed by atoms with Crippen LogP contribution in [0.15, 0.2) is 23.6 Å². The molecule has 2 aromatic heterocycles. The molecule has 1 unspecified atom stereocenters. The number of thioether (sulfide) groups is 1. The number of rotatable bonds is 4. The van der Waals surface area contributed by atoms with Crippen LogP contribution in [0.5, 0.6) is 0 Å². The summed E-state index contributed by atoms with van der Waals surface area (Å²) in [6.45, 7) is 5.35. The Morgan fingerprint density at radius 1 is 1.46 bits per heavy atom. The summed E-state index contributed by atoms with van der Waals surface area (Å²) < 4.78 is 0. The van der Waals surface area contributed by atoms with Crippen molar-refractivity contribution in [1.82, 2.24) is 25.6 Å². The number of hydrogen-bond donors (Lipinski definition) is 4. The fourth-order valence-electron chi connectivity index (χ4n) is 3.61. The van der Waals surface area contributed by atoms with Crippen molar-refractivity contribution >= 4 is 46.9 Å². The first-order valence-electron chi connectivity index (χ1n) is 9.15. The highest BCUT2D eigenvalue weighted by Gasteiger charge is 2.29. The molecule has 1 amide bonds. The van der Waals surface area contributed by atoms with Gasteiger partial charge in [-0.15, -0.1) is 24.2 Å². The van der Waals surface area contributed by atoms with Crippen LogP contribution in [0.3, 0.4) is 0 Å². The largest absolute Gasteiger partial charge is 0.392 e. The number of aryl methyl sites for hydroxylation is 1. The molecule has 3 atom stereocenters. The molecule has 8 nitrogen and oxygen atoms in total. The van der Waals surface area contributed by atoms with Crippen molar-refractivity contribution in [2.45, 2.75) is 38.5 Å². The van der Waals surface area contributed by atoms with E-state index in [4.69, 9.17) is 0 Å². The van der Waals surface area contributed by atoms with E-state index in [9.17, 15) is 9.90 Å². The summed E-state index contributed by atoms with van der Waals surface area (Å²) in [6.07, 6.45) is 5.66. The number of aliphatic hydroxyl groups is 1. The number of nitrogens with zero attached hydrogens (tertiary/aromatic N) is 3. The molecule has 152 valence electrons.